The van der Waals surface area contributed by atoms with Crippen LogP contribution in [-0.2, 0) is 0 Å². The molecule has 0 aromatic carbocycles. The van der Waals surface area contributed by atoms with Crippen molar-refractivity contribution < 1.29 is 4.39 Å². The summed E-state index contributed by atoms with van der Waals surface area (Å²) in [6.07, 6.45) is 6.61. The fourth-order valence-electron chi connectivity index (χ4n) is 3.27. The molecule has 1 N–H and O–H groups in total. The minimum absolute atomic E-state index is 0.335. The van der Waals surface area contributed by atoms with Gasteiger partial charge in [0.1, 0.15) is 0 Å². The summed E-state index contributed by atoms with van der Waals surface area (Å²) >= 11 is 0. The second-order valence-electron chi connectivity index (χ2n) is 5.58. The predicted molar refractivity (Wildman–Crippen MR) is 77.6 cm³/mol. The van der Waals surface area contributed by atoms with Crippen LogP contribution in [0.1, 0.15) is 25.7 Å². The number of anilines is 2. The minimum atomic E-state index is -0.335. The second kappa shape index (κ2) is 5.91. The van der Waals surface area contributed by atoms with Gasteiger partial charge in [-0.05, 0) is 12.8 Å². The quantitative estimate of drug-likeness (QED) is 0.913. The highest BCUT2D eigenvalue weighted by Crippen LogP contribution is 2.26. The molecule has 0 bridgehead atoms. The van der Waals surface area contributed by atoms with Gasteiger partial charge in [0.05, 0.1) is 6.20 Å². The van der Waals surface area contributed by atoms with Gasteiger partial charge in [0, 0.05) is 39.3 Å². The molecule has 110 valence electrons. The van der Waals surface area contributed by atoms with Crippen LogP contribution >= 0.6 is 0 Å². The fourth-order valence-corrected chi connectivity index (χ4v) is 3.27. The van der Waals surface area contributed by atoms with Crippen LogP contribution in [0.25, 0.3) is 0 Å². The molecule has 20 heavy (non-hydrogen) atoms. The first-order chi connectivity index (χ1) is 9.78. The zero-order valence-corrected chi connectivity index (χ0v) is 12.0. The molecule has 1 saturated carbocycles. The van der Waals surface area contributed by atoms with Gasteiger partial charge in [0.15, 0.2) is 11.6 Å². The summed E-state index contributed by atoms with van der Waals surface area (Å²) in [6, 6.07) is 0.750. The maximum absolute atomic E-state index is 13.9. The van der Waals surface area contributed by atoms with Gasteiger partial charge in [-0.3, -0.25) is 4.90 Å². The SMILES string of the molecule is CNc1ncc(F)c(N2CCN(C3CCCC3)CC2)n1. The molecule has 3 rings (SSSR count). The number of aromatic nitrogens is 2. The Morgan fingerprint density at radius 3 is 2.55 bits per heavy atom. The predicted octanol–water partition coefficient (Wildman–Crippen LogP) is 1.72. The lowest BCUT2D eigenvalue weighted by Gasteiger charge is -2.38. The first-order valence-corrected chi connectivity index (χ1v) is 7.47. The number of nitrogens with one attached hydrogen (secondary N) is 1. The smallest absolute Gasteiger partial charge is 0.224 e. The van der Waals surface area contributed by atoms with Crippen molar-refractivity contribution in [2.24, 2.45) is 0 Å². The Morgan fingerprint density at radius 2 is 1.90 bits per heavy atom. The van der Waals surface area contributed by atoms with Crippen LogP contribution in [0.5, 0.6) is 0 Å². The largest absolute Gasteiger partial charge is 0.357 e. The highest BCUT2D eigenvalue weighted by Gasteiger charge is 2.27. The average molecular weight is 279 g/mol. The summed E-state index contributed by atoms with van der Waals surface area (Å²) < 4.78 is 13.9. The van der Waals surface area contributed by atoms with E-state index in [1.807, 2.05) is 4.90 Å². The molecule has 0 atom stereocenters. The number of nitrogens with zero attached hydrogens (tertiary/aromatic N) is 4. The van der Waals surface area contributed by atoms with Crippen molar-refractivity contribution in [2.45, 2.75) is 31.7 Å². The summed E-state index contributed by atoms with van der Waals surface area (Å²) in [5, 5.41) is 2.86. The summed E-state index contributed by atoms with van der Waals surface area (Å²) in [5.74, 6) is 0.563. The maximum Gasteiger partial charge on any atom is 0.224 e. The molecule has 6 heteroatoms. The molecule has 1 saturated heterocycles. The third-order valence-electron chi connectivity index (χ3n) is 4.40. The van der Waals surface area contributed by atoms with Crippen molar-refractivity contribution in [3.63, 3.8) is 0 Å². The van der Waals surface area contributed by atoms with E-state index in [2.05, 4.69) is 20.2 Å². The Kier molecular flexibility index (Phi) is 4.00. The summed E-state index contributed by atoms with van der Waals surface area (Å²) in [5.41, 5.74) is 0. The number of rotatable bonds is 3. The van der Waals surface area contributed by atoms with Crippen molar-refractivity contribution in [3.05, 3.63) is 12.0 Å². The number of halogens is 1. The van der Waals surface area contributed by atoms with Crippen LogP contribution in [-0.4, -0.2) is 54.1 Å². The summed E-state index contributed by atoms with van der Waals surface area (Å²) in [6.45, 7) is 3.69. The van der Waals surface area contributed by atoms with E-state index < -0.39 is 0 Å². The Morgan fingerprint density at radius 1 is 1.20 bits per heavy atom. The first-order valence-electron chi connectivity index (χ1n) is 7.47. The highest BCUT2D eigenvalue weighted by molar-refractivity contribution is 5.44. The second-order valence-corrected chi connectivity index (χ2v) is 5.58. The third kappa shape index (κ3) is 2.70. The molecule has 1 aromatic heterocycles. The van der Waals surface area contributed by atoms with Gasteiger partial charge in [-0.2, -0.15) is 4.98 Å². The van der Waals surface area contributed by atoms with E-state index in [0.29, 0.717) is 11.8 Å². The molecule has 2 aliphatic rings. The Balaban J connectivity index is 1.65. The van der Waals surface area contributed by atoms with Gasteiger partial charge in [-0.1, -0.05) is 12.8 Å². The summed E-state index contributed by atoms with van der Waals surface area (Å²) in [4.78, 5) is 12.7. The van der Waals surface area contributed by atoms with Gasteiger partial charge < -0.3 is 10.2 Å². The molecular weight excluding hydrogens is 257 g/mol. The van der Waals surface area contributed by atoms with Crippen LogP contribution in [0.15, 0.2) is 6.20 Å². The Hall–Kier alpha value is -1.43. The van der Waals surface area contributed by atoms with E-state index in [1.165, 1.54) is 31.9 Å². The van der Waals surface area contributed by atoms with Gasteiger partial charge >= 0.3 is 0 Å². The van der Waals surface area contributed by atoms with E-state index in [9.17, 15) is 4.39 Å². The van der Waals surface area contributed by atoms with Crippen molar-refractivity contribution in [2.75, 3.05) is 43.4 Å². The van der Waals surface area contributed by atoms with Crippen LogP contribution in [0.4, 0.5) is 16.2 Å². The van der Waals surface area contributed by atoms with Crippen LogP contribution < -0.4 is 10.2 Å². The van der Waals surface area contributed by atoms with E-state index in [1.54, 1.807) is 7.05 Å². The topological polar surface area (TPSA) is 44.3 Å². The first kappa shape index (κ1) is 13.5. The Labute approximate surface area is 119 Å². The van der Waals surface area contributed by atoms with Crippen molar-refractivity contribution in [3.8, 4) is 0 Å². The van der Waals surface area contributed by atoms with E-state index >= 15 is 0 Å². The lowest BCUT2D eigenvalue weighted by atomic mass is 10.2. The monoisotopic (exact) mass is 279 g/mol. The fraction of sp³-hybridized carbons (Fsp3) is 0.714. The molecule has 0 radical (unpaired) electrons. The summed E-state index contributed by atoms with van der Waals surface area (Å²) in [7, 11) is 1.75. The molecule has 2 heterocycles. The molecule has 2 fully saturated rings. The maximum atomic E-state index is 13.9. The number of hydrogen-bond acceptors (Lipinski definition) is 5. The normalized spacial score (nSPS) is 21.4. The molecule has 1 aromatic rings. The van der Waals surface area contributed by atoms with Gasteiger partial charge in [0.25, 0.3) is 0 Å². The van der Waals surface area contributed by atoms with Crippen molar-refractivity contribution in [1.29, 1.82) is 0 Å². The lowest BCUT2D eigenvalue weighted by Crippen LogP contribution is -2.50. The zero-order chi connectivity index (χ0) is 13.9. The van der Waals surface area contributed by atoms with Crippen LogP contribution in [0.3, 0.4) is 0 Å². The standard InChI is InChI=1S/C14H22FN5/c1-16-14-17-10-12(15)13(18-14)20-8-6-19(7-9-20)11-4-2-3-5-11/h10-11H,2-9H2,1H3,(H,16,17,18). The molecule has 1 aliphatic carbocycles. The van der Waals surface area contributed by atoms with Crippen LogP contribution in [0, 0.1) is 5.82 Å². The van der Waals surface area contributed by atoms with Crippen molar-refractivity contribution in [1.82, 2.24) is 14.9 Å². The van der Waals surface area contributed by atoms with E-state index in [0.717, 1.165) is 32.2 Å². The number of hydrogen-bond donors (Lipinski definition) is 1. The molecule has 5 nitrogen and oxygen atoms in total. The lowest BCUT2D eigenvalue weighted by molar-refractivity contribution is 0.187. The van der Waals surface area contributed by atoms with E-state index in [4.69, 9.17) is 0 Å². The molecular formula is C14H22FN5. The van der Waals surface area contributed by atoms with Crippen LogP contribution in [0.2, 0.25) is 0 Å². The van der Waals surface area contributed by atoms with E-state index in [-0.39, 0.29) is 5.82 Å². The van der Waals surface area contributed by atoms with Gasteiger partial charge in [-0.25, -0.2) is 9.37 Å². The Bertz CT molecular complexity index is 453. The third-order valence-corrected chi connectivity index (χ3v) is 4.40. The minimum Gasteiger partial charge on any atom is -0.357 e. The van der Waals surface area contributed by atoms with Gasteiger partial charge in [0.2, 0.25) is 5.95 Å². The highest BCUT2D eigenvalue weighted by atomic mass is 19.1. The van der Waals surface area contributed by atoms with Crippen molar-refractivity contribution >= 4 is 11.8 Å². The zero-order valence-electron chi connectivity index (χ0n) is 12.0. The molecule has 1 aliphatic heterocycles. The van der Waals surface area contributed by atoms with Gasteiger partial charge in [-0.15, -0.1) is 0 Å². The number of piperazine rings is 1. The molecule has 0 amide bonds. The molecule has 0 unspecified atom stereocenters. The average Bonchev–Trinajstić information content (AvgIpc) is 3.02. The molecule has 0 spiro atoms.